The zero-order valence-electron chi connectivity index (χ0n) is 22.7. The largest absolute Gasteiger partial charge is 0.480 e. The van der Waals surface area contributed by atoms with Crippen LogP contribution < -0.4 is 10.6 Å². The van der Waals surface area contributed by atoms with Gasteiger partial charge in [0.15, 0.2) is 0 Å². The molecule has 2 aromatic carbocycles. The number of nitrogens with zero attached hydrogens (tertiary/aromatic N) is 4. The van der Waals surface area contributed by atoms with E-state index in [0.717, 1.165) is 0 Å². The van der Waals surface area contributed by atoms with Crippen LogP contribution in [0.25, 0.3) is 32.9 Å². The highest BCUT2D eigenvalue weighted by molar-refractivity contribution is 6.01. The Hall–Kier alpha value is -4.94. The number of rotatable bonds is 11. The number of hydrogen-bond acceptors (Lipinski definition) is 7. The molecular weight excluding hydrogens is 535 g/mol. The number of carboxylic acid groups (broad SMARTS) is 1. The first-order chi connectivity index (χ1) is 19.5. The Balaban J connectivity index is 1.70. The molecule has 3 N–H and O–H groups in total. The van der Waals surface area contributed by atoms with Crippen LogP contribution in [0.3, 0.4) is 0 Å². The molecule has 0 saturated carbocycles. The molecule has 0 radical (unpaired) electrons. The second-order valence-electron chi connectivity index (χ2n) is 9.89. The lowest BCUT2D eigenvalue weighted by Gasteiger charge is -2.10. The lowest BCUT2D eigenvalue weighted by Crippen LogP contribution is -2.40. The van der Waals surface area contributed by atoms with Crippen LogP contribution in [0.2, 0.25) is 0 Å². The predicted octanol–water partition coefficient (Wildman–Crippen LogP) is 2.64. The SMILES string of the molecule is CC(=O)CCC(=O)n1ncc2cc(F)c(-c3cccc4c3c(C(C)C)nn4CC(=O)NCC(=O)NCC(=O)O)cc21. The van der Waals surface area contributed by atoms with Gasteiger partial charge in [0.1, 0.15) is 24.7 Å². The summed E-state index contributed by atoms with van der Waals surface area (Å²) in [5.74, 6) is -3.53. The van der Waals surface area contributed by atoms with E-state index in [1.165, 1.54) is 28.6 Å². The van der Waals surface area contributed by atoms with E-state index in [4.69, 9.17) is 5.11 Å². The first kappa shape index (κ1) is 29.1. The number of carboxylic acids is 1. The summed E-state index contributed by atoms with van der Waals surface area (Å²) in [5, 5.41) is 23.0. The van der Waals surface area contributed by atoms with Crippen molar-refractivity contribution in [2.75, 3.05) is 13.1 Å². The van der Waals surface area contributed by atoms with Gasteiger partial charge in [-0.1, -0.05) is 26.0 Å². The molecule has 41 heavy (non-hydrogen) atoms. The number of nitrogens with one attached hydrogen (secondary N) is 2. The van der Waals surface area contributed by atoms with E-state index in [9.17, 15) is 24.0 Å². The Bertz CT molecular complexity index is 1690. The molecule has 214 valence electrons. The fourth-order valence-corrected chi connectivity index (χ4v) is 4.46. The summed E-state index contributed by atoms with van der Waals surface area (Å²) in [5.41, 5.74) is 2.29. The van der Waals surface area contributed by atoms with Crippen LogP contribution in [0, 0.1) is 5.82 Å². The number of amides is 2. The zero-order chi connectivity index (χ0) is 29.8. The highest BCUT2D eigenvalue weighted by Gasteiger charge is 2.22. The van der Waals surface area contributed by atoms with Crippen molar-refractivity contribution < 1.29 is 33.5 Å². The van der Waals surface area contributed by atoms with E-state index in [1.807, 2.05) is 13.8 Å². The molecule has 0 atom stereocenters. The van der Waals surface area contributed by atoms with E-state index < -0.39 is 36.7 Å². The van der Waals surface area contributed by atoms with E-state index in [1.54, 1.807) is 24.3 Å². The van der Waals surface area contributed by atoms with Gasteiger partial charge >= 0.3 is 5.97 Å². The molecule has 4 aromatic rings. The summed E-state index contributed by atoms with van der Waals surface area (Å²) in [4.78, 5) is 59.1. The van der Waals surface area contributed by atoms with Crippen molar-refractivity contribution in [1.29, 1.82) is 0 Å². The van der Waals surface area contributed by atoms with Crippen molar-refractivity contribution in [2.24, 2.45) is 0 Å². The van der Waals surface area contributed by atoms with E-state index >= 15 is 4.39 Å². The standard InChI is InChI=1S/C28H29FN6O6/c1-15(2)28-27-18(19-10-22-17(9-20(19)29)11-32-35(22)25(39)8-7-16(3)36)5-4-6-21(27)34(33-28)14-24(38)30-12-23(37)31-13-26(40)41/h4-6,9-11,15H,7-8,12-14H2,1-3H3,(H,30,38)(H,31,37)(H,40,41). The van der Waals surface area contributed by atoms with Gasteiger partial charge in [-0.25, -0.2) is 9.07 Å². The van der Waals surface area contributed by atoms with Gasteiger partial charge < -0.3 is 20.5 Å². The van der Waals surface area contributed by atoms with E-state index in [0.29, 0.717) is 33.1 Å². The molecule has 0 unspecified atom stereocenters. The van der Waals surface area contributed by atoms with Crippen LogP contribution in [-0.4, -0.2) is 67.2 Å². The number of hydrogen-bond donors (Lipinski definition) is 3. The van der Waals surface area contributed by atoms with Gasteiger partial charge in [-0.05, 0) is 36.6 Å². The number of ketones is 1. The third kappa shape index (κ3) is 6.45. The van der Waals surface area contributed by atoms with Crippen LogP contribution in [0.1, 0.15) is 50.0 Å². The second-order valence-corrected chi connectivity index (χ2v) is 9.89. The van der Waals surface area contributed by atoms with Crippen molar-refractivity contribution >= 4 is 51.3 Å². The van der Waals surface area contributed by atoms with Crippen LogP contribution >= 0.6 is 0 Å². The number of aromatic nitrogens is 4. The lowest BCUT2D eigenvalue weighted by atomic mass is 9.95. The minimum Gasteiger partial charge on any atom is -0.480 e. The molecule has 2 amide bonds. The summed E-state index contributed by atoms with van der Waals surface area (Å²) < 4.78 is 18.1. The van der Waals surface area contributed by atoms with Gasteiger partial charge in [0, 0.05) is 29.2 Å². The van der Waals surface area contributed by atoms with Gasteiger partial charge in [0.2, 0.25) is 17.7 Å². The molecule has 0 saturated heterocycles. The zero-order valence-corrected chi connectivity index (χ0v) is 22.7. The third-order valence-electron chi connectivity index (χ3n) is 6.40. The number of halogens is 1. The average molecular weight is 565 g/mol. The second kappa shape index (κ2) is 12.1. The quantitative estimate of drug-likeness (QED) is 0.250. The molecule has 0 aliphatic rings. The summed E-state index contributed by atoms with van der Waals surface area (Å²) in [7, 11) is 0. The van der Waals surface area contributed by atoms with Crippen molar-refractivity contribution in [3.05, 3.63) is 48.0 Å². The smallest absolute Gasteiger partial charge is 0.322 e. The van der Waals surface area contributed by atoms with Crippen LogP contribution in [0.15, 0.2) is 36.5 Å². The van der Waals surface area contributed by atoms with Crippen molar-refractivity contribution in [2.45, 2.75) is 46.1 Å². The van der Waals surface area contributed by atoms with Gasteiger partial charge in [0.05, 0.1) is 29.5 Å². The fraction of sp³-hybridized carbons (Fsp3) is 0.321. The van der Waals surface area contributed by atoms with Crippen LogP contribution in [-0.2, 0) is 25.7 Å². The number of Topliss-reactive ketones (excluding diaryl/α,β-unsaturated/α-hetero) is 1. The minimum absolute atomic E-state index is 0.0258. The Morgan fingerprint density at radius 3 is 2.39 bits per heavy atom. The first-order valence-electron chi connectivity index (χ1n) is 12.9. The topological polar surface area (TPSA) is 165 Å². The van der Waals surface area contributed by atoms with Crippen molar-refractivity contribution in [3.8, 4) is 11.1 Å². The summed E-state index contributed by atoms with van der Waals surface area (Å²) in [6.07, 6.45) is 1.44. The fourth-order valence-electron chi connectivity index (χ4n) is 4.46. The highest BCUT2D eigenvalue weighted by atomic mass is 19.1. The molecular formula is C28H29FN6O6. The Labute approximate surface area is 233 Å². The van der Waals surface area contributed by atoms with Gasteiger partial charge in [-0.2, -0.15) is 10.2 Å². The Morgan fingerprint density at radius 1 is 0.976 bits per heavy atom. The average Bonchev–Trinajstić information content (AvgIpc) is 3.50. The third-order valence-corrected chi connectivity index (χ3v) is 6.40. The molecule has 0 fully saturated rings. The van der Waals surface area contributed by atoms with Gasteiger partial charge in [-0.15, -0.1) is 0 Å². The molecule has 0 aliphatic carbocycles. The highest BCUT2D eigenvalue weighted by Crippen LogP contribution is 2.37. The van der Waals surface area contributed by atoms with E-state index in [-0.39, 0.29) is 42.6 Å². The van der Waals surface area contributed by atoms with Crippen LogP contribution in [0.4, 0.5) is 4.39 Å². The summed E-state index contributed by atoms with van der Waals surface area (Å²) >= 11 is 0. The maximum absolute atomic E-state index is 15.5. The number of carbonyl (C=O) groups excluding carboxylic acids is 4. The van der Waals surface area contributed by atoms with Gasteiger partial charge in [-0.3, -0.25) is 23.9 Å². The van der Waals surface area contributed by atoms with E-state index in [2.05, 4.69) is 20.8 Å². The molecule has 12 nitrogen and oxygen atoms in total. The van der Waals surface area contributed by atoms with Crippen molar-refractivity contribution in [3.63, 3.8) is 0 Å². The molecule has 0 spiro atoms. The lowest BCUT2D eigenvalue weighted by molar-refractivity contribution is -0.137. The molecule has 4 rings (SSSR count). The molecule has 13 heteroatoms. The predicted molar refractivity (Wildman–Crippen MR) is 147 cm³/mol. The minimum atomic E-state index is -1.20. The maximum Gasteiger partial charge on any atom is 0.322 e. The van der Waals surface area contributed by atoms with Crippen LogP contribution in [0.5, 0.6) is 0 Å². The maximum atomic E-state index is 15.5. The number of benzene rings is 2. The van der Waals surface area contributed by atoms with Gasteiger partial charge in [0.25, 0.3) is 0 Å². The Kier molecular flexibility index (Phi) is 8.55. The molecule has 0 aliphatic heterocycles. The number of carbonyl (C=O) groups is 5. The first-order valence-corrected chi connectivity index (χ1v) is 12.9. The number of fused-ring (bicyclic) bond motifs is 2. The molecule has 2 heterocycles. The monoisotopic (exact) mass is 564 g/mol. The number of aliphatic carboxylic acids is 1. The summed E-state index contributed by atoms with van der Waals surface area (Å²) in [6, 6.07) is 8.03. The molecule has 0 bridgehead atoms. The Morgan fingerprint density at radius 2 is 1.71 bits per heavy atom. The molecule has 2 aromatic heterocycles. The van der Waals surface area contributed by atoms with Crippen molar-refractivity contribution in [1.82, 2.24) is 30.2 Å². The summed E-state index contributed by atoms with van der Waals surface area (Å²) in [6.45, 7) is 4.03. The normalized spacial score (nSPS) is 11.2.